The van der Waals surface area contributed by atoms with Crippen molar-refractivity contribution in [1.29, 1.82) is 0 Å². The maximum Gasteiger partial charge on any atom is 0.252 e. The molecule has 0 atom stereocenters. The molecule has 0 spiro atoms. The van der Waals surface area contributed by atoms with Crippen LogP contribution in [0.2, 0.25) is 0 Å². The average molecular weight is 824 g/mol. The van der Waals surface area contributed by atoms with Crippen molar-refractivity contribution in [2.75, 3.05) is 14.7 Å². The van der Waals surface area contributed by atoms with Gasteiger partial charge in [0.05, 0.1) is 11.4 Å². The SMILES string of the molecule is Cc1ccc(N2c3ccc(C)cc3B3c4cc5oc6c7c(ccc6c5cc4N(c4ccc(C)cc4)c4cc(N(c5ccc(C)cc5)c5cccc6ccccc56)cc2c43)CCC7)cc1. The van der Waals surface area contributed by atoms with Gasteiger partial charge in [0.1, 0.15) is 11.2 Å². The molecule has 3 aliphatic rings. The van der Waals surface area contributed by atoms with Gasteiger partial charge in [-0.3, -0.25) is 0 Å². The summed E-state index contributed by atoms with van der Waals surface area (Å²) in [4.78, 5) is 7.54. The smallest absolute Gasteiger partial charge is 0.252 e. The summed E-state index contributed by atoms with van der Waals surface area (Å²) < 4.78 is 7.02. The zero-order valence-corrected chi connectivity index (χ0v) is 36.6. The van der Waals surface area contributed by atoms with Crippen LogP contribution in [0.5, 0.6) is 0 Å². The van der Waals surface area contributed by atoms with E-state index < -0.39 is 0 Å². The molecule has 0 unspecified atom stereocenters. The Morgan fingerprint density at radius 2 is 1.12 bits per heavy atom. The van der Waals surface area contributed by atoms with E-state index in [1.807, 2.05) is 0 Å². The van der Waals surface area contributed by atoms with E-state index in [2.05, 4.69) is 212 Å². The third-order valence-corrected chi connectivity index (χ3v) is 14.2. The molecule has 3 heterocycles. The number of hydrogen-bond donors (Lipinski definition) is 0. The Bertz CT molecular complexity index is 3530. The van der Waals surface area contributed by atoms with E-state index in [1.54, 1.807) is 0 Å². The van der Waals surface area contributed by atoms with Crippen molar-refractivity contribution in [3.63, 3.8) is 0 Å². The lowest BCUT2D eigenvalue weighted by molar-refractivity contribution is 0.664. The van der Waals surface area contributed by atoms with Crippen LogP contribution in [0.1, 0.15) is 39.8 Å². The van der Waals surface area contributed by atoms with Crippen LogP contribution in [-0.2, 0) is 12.8 Å². The Labute approximate surface area is 374 Å². The minimum Gasteiger partial charge on any atom is -0.456 e. The average Bonchev–Trinajstić information content (AvgIpc) is 3.95. The number of furan rings is 1. The fraction of sp³-hybridized carbons (Fsp3) is 0.119. The van der Waals surface area contributed by atoms with E-state index in [0.717, 1.165) is 52.4 Å². The molecule has 1 aliphatic carbocycles. The summed E-state index contributed by atoms with van der Waals surface area (Å²) in [6, 6.07) is 64.0. The van der Waals surface area contributed by atoms with Crippen LogP contribution in [0.3, 0.4) is 0 Å². The van der Waals surface area contributed by atoms with Crippen LogP contribution in [0.15, 0.2) is 174 Å². The Kier molecular flexibility index (Phi) is 8.12. The van der Waals surface area contributed by atoms with Gasteiger partial charge >= 0.3 is 0 Å². The van der Waals surface area contributed by atoms with Gasteiger partial charge in [-0.25, -0.2) is 0 Å². The van der Waals surface area contributed by atoms with Crippen LogP contribution in [-0.4, -0.2) is 6.71 Å². The molecule has 0 amide bonds. The Balaban J connectivity index is 1.17. The molecule has 2 aliphatic heterocycles. The monoisotopic (exact) mass is 823 g/mol. The molecule has 0 saturated carbocycles. The standard InChI is InChI=1S/C59H46BN3O/c1-36-15-23-42(24-16-36)61(52-14-8-11-40-9-5-6-12-46(40)52)45-32-55-58-56(33-45)63(44-27-19-38(3)20-28-44)54-34-49-48-29-22-41-10-7-13-47(41)59(48)64-57(49)35-51(54)60(58)50-31-39(4)21-30-53(50)62(55)43-25-17-37(2)18-26-43/h5-6,8-9,11-12,14-35H,7,10,13H2,1-4H3. The molecule has 0 fully saturated rings. The minimum absolute atomic E-state index is 0.0546. The molecule has 0 bridgehead atoms. The van der Waals surface area contributed by atoms with Gasteiger partial charge in [-0.2, -0.15) is 0 Å². The number of rotatable bonds is 5. The lowest BCUT2D eigenvalue weighted by atomic mass is 9.33. The number of anilines is 9. The van der Waals surface area contributed by atoms with Gasteiger partial charge in [-0.1, -0.05) is 119 Å². The van der Waals surface area contributed by atoms with E-state index in [0.29, 0.717) is 0 Å². The van der Waals surface area contributed by atoms with Crippen LogP contribution in [0, 0.1) is 27.7 Å². The van der Waals surface area contributed by atoms with E-state index in [1.165, 1.54) is 100 Å². The highest BCUT2D eigenvalue weighted by molar-refractivity contribution is 7.00. The third kappa shape index (κ3) is 5.56. The fourth-order valence-corrected chi connectivity index (χ4v) is 11.1. The topological polar surface area (TPSA) is 22.9 Å². The van der Waals surface area contributed by atoms with Gasteiger partial charge in [-0.15, -0.1) is 0 Å². The highest BCUT2D eigenvalue weighted by Gasteiger charge is 2.44. The molecule has 1 aromatic heterocycles. The highest BCUT2D eigenvalue weighted by atomic mass is 16.3. The zero-order chi connectivity index (χ0) is 42.8. The number of fused-ring (bicyclic) bond motifs is 10. The first-order valence-corrected chi connectivity index (χ1v) is 22.7. The summed E-state index contributed by atoms with van der Waals surface area (Å²) in [6.07, 6.45) is 3.36. The first kappa shape index (κ1) is 37.1. The van der Waals surface area contributed by atoms with Gasteiger partial charge in [0, 0.05) is 56.0 Å². The first-order valence-electron chi connectivity index (χ1n) is 22.7. The van der Waals surface area contributed by atoms with Crippen molar-refractivity contribution in [2.45, 2.75) is 47.0 Å². The van der Waals surface area contributed by atoms with Crippen molar-refractivity contribution in [1.82, 2.24) is 0 Å². The normalized spacial score (nSPS) is 13.7. The molecule has 306 valence electrons. The Hall–Kier alpha value is -7.50. The lowest BCUT2D eigenvalue weighted by Crippen LogP contribution is -2.61. The summed E-state index contributed by atoms with van der Waals surface area (Å²) in [5.74, 6) is 0. The summed E-state index contributed by atoms with van der Waals surface area (Å²) >= 11 is 0. The predicted octanol–water partition coefficient (Wildman–Crippen LogP) is 14.0. The van der Waals surface area contributed by atoms with Gasteiger partial charge < -0.3 is 19.1 Å². The molecular formula is C59H46BN3O. The van der Waals surface area contributed by atoms with E-state index in [4.69, 9.17) is 4.42 Å². The van der Waals surface area contributed by atoms with E-state index in [9.17, 15) is 0 Å². The van der Waals surface area contributed by atoms with Crippen LogP contribution >= 0.6 is 0 Å². The number of aryl methyl sites for hydroxylation is 6. The van der Waals surface area contributed by atoms with Gasteiger partial charge in [-0.05, 0) is 153 Å². The summed E-state index contributed by atoms with van der Waals surface area (Å²) in [6.45, 7) is 8.68. The second-order valence-corrected chi connectivity index (χ2v) is 18.3. The van der Waals surface area contributed by atoms with Gasteiger partial charge in [0.25, 0.3) is 6.71 Å². The zero-order valence-electron chi connectivity index (χ0n) is 36.6. The van der Waals surface area contributed by atoms with Crippen molar-refractivity contribution in [2.24, 2.45) is 0 Å². The molecule has 5 heteroatoms. The molecule has 0 saturated heterocycles. The third-order valence-electron chi connectivity index (χ3n) is 14.2. The van der Waals surface area contributed by atoms with Crippen molar-refractivity contribution in [3.8, 4) is 0 Å². The number of benzene rings is 9. The molecule has 9 aromatic carbocycles. The molecule has 13 rings (SSSR count). The maximum absolute atomic E-state index is 7.02. The van der Waals surface area contributed by atoms with Crippen molar-refractivity contribution < 1.29 is 4.42 Å². The highest BCUT2D eigenvalue weighted by Crippen LogP contribution is 2.50. The number of nitrogens with zero attached hydrogens (tertiary/aromatic N) is 3. The summed E-state index contributed by atoms with van der Waals surface area (Å²) in [5.41, 5.74) is 23.9. The van der Waals surface area contributed by atoms with Crippen LogP contribution in [0.4, 0.5) is 51.2 Å². The molecule has 10 aromatic rings. The van der Waals surface area contributed by atoms with E-state index >= 15 is 0 Å². The quantitative estimate of drug-likeness (QED) is 0.161. The molecule has 0 radical (unpaired) electrons. The Morgan fingerprint density at radius 3 is 1.86 bits per heavy atom. The van der Waals surface area contributed by atoms with Crippen molar-refractivity contribution in [3.05, 3.63) is 203 Å². The largest absolute Gasteiger partial charge is 0.456 e. The van der Waals surface area contributed by atoms with Gasteiger partial charge in [0.15, 0.2) is 0 Å². The fourth-order valence-electron chi connectivity index (χ4n) is 11.1. The Morgan fingerprint density at radius 1 is 0.484 bits per heavy atom. The molecule has 64 heavy (non-hydrogen) atoms. The number of hydrogen-bond acceptors (Lipinski definition) is 4. The predicted molar refractivity (Wildman–Crippen MR) is 271 cm³/mol. The minimum atomic E-state index is -0.0546. The lowest BCUT2D eigenvalue weighted by Gasteiger charge is -2.45. The van der Waals surface area contributed by atoms with Crippen LogP contribution < -0.4 is 31.1 Å². The molecule has 4 nitrogen and oxygen atoms in total. The van der Waals surface area contributed by atoms with E-state index in [-0.39, 0.29) is 6.71 Å². The maximum atomic E-state index is 7.02. The first-order chi connectivity index (χ1) is 31.4. The van der Waals surface area contributed by atoms with Gasteiger partial charge in [0.2, 0.25) is 0 Å². The second kappa shape index (κ2) is 14.0. The molecular weight excluding hydrogens is 777 g/mol. The molecule has 0 N–H and O–H groups in total. The second-order valence-electron chi connectivity index (χ2n) is 18.3. The summed E-state index contributed by atoms with van der Waals surface area (Å²) in [5, 5.41) is 4.78. The summed E-state index contributed by atoms with van der Waals surface area (Å²) in [7, 11) is 0. The van der Waals surface area contributed by atoms with Crippen LogP contribution in [0.25, 0.3) is 32.7 Å². The van der Waals surface area contributed by atoms with Crippen molar-refractivity contribution >= 4 is 107 Å².